The molecule has 14 heteroatoms. The van der Waals surface area contributed by atoms with Gasteiger partial charge in [0.25, 0.3) is 21.8 Å². The maximum Gasteiger partial charge on any atom is 0.264 e. The van der Waals surface area contributed by atoms with E-state index in [0.717, 1.165) is 30.2 Å². The number of pyridine rings is 1. The third kappa shape index (κ3) is 8.04. The van der Waals surface area contributed by atoms with Crippen LogP contribution in [-0.2, 0) is 24.4 Å². The summed E-state index contributed by atoms with van der Waals surface area (Å²) >= 11 is 0. The number of fused-ring (bicyclic) bond motifs is 4. The van der Waals surface area contributed by atoms with Gasteiger partial charge in [-0.2, -0.15) is 0 Å². The van der Waals surface area contributed by atoms with Crippen molar-refractivity contribution in [3.05, 3.63) is 96.6 Å². The van der Waals surface area contributed by atoms with Gasteiger partial charge in [-0.15, -0.1) is 0 Å². The average molecular weight is 766 g/mol. The second-order valence-electron chi connectivity index (χ2n) is 14.2. The lowest BCUT2D eigenvalue weighted by Gasteiger charge is -2.25. The molecule has 1 saturated carbocycles. The van der Waals surface area contributed by atoms with Crippen molar-refractivity contribution in [2.24, 2.45) is 5.92 Å². The Labute approximate surface area is 319 Å². The number of hydrogen-bond acceptors (Lipinski definition) is 9. The van der Waals surface area contributed by atoms with Crippen molar-refractivity contribution in [3.63, 3.8) is 0 Å². The average Bonchev–Trinajstić information content (AvgIpc) is 3.71. The van der Waals surface area contributed by atoms with Crippen LogP contribution in [0.15, 0.2) is 95.9 Å². The molecule has 2 fully saturated rings. The van der Waals surface area contributed by atoms with Gasteiger partial charge in [-0.1, -0.05) is 55.0 Å². The molecular weight excluding hydrogens is 723 g/mol. The topological polar surface area (TPSA) is 173 Å². The Kier molecular flexibility index (Phi) is 10.6. The molecule has 3 aromatic carbocycles. The molecule has 13 nitrogen and oxygen atoms in total. The normalized spacial score (nSPS) is 24.4. The maximum atomic E-state index is 14.2. The summed E-state index contributed by atoms with van der Waals surface area (Å²) in [5.41, 5.74) is 0.763. The Morgan fingerprint density at radius 3 is 2.55 bits per heavy atom. The van der Waals surface area contributed by atoms with Crippen molar-refractivity contribution in [2.75, 3.05) is 20.2 Å². The number of nitrogens with one attached hydrogen (secondary N) is 3. The number of aromatic nitrogens is 1. The van der Waals surface area contributed by atoms with Crippen LogP contribution in [0.2, 0.25) is 0 Å². The van der Waals surface area contributed by atoms with Gasteiger partial charge in [-0.3, -0.25) is 19.2 Å². The Morgan fingerprint density at radius 2 is 1.76 bits per heavy atom. The molecule has 4 amide bonds. The molecule has 0 spiro atoms. The first-order chi connectivity index (χ1) is 26.5. The van der Waals surface area contributed by atoms with Crippen molar-refractivity contribution in [1.29, 1.82) is 0 Å². The molecule has 1 aromatic heterocycles. The highest BCUT2D eigenvalue weighted by Crippen LogP contribution is 2.46. The number of likely N-dealkylation sites (tertiary alicyclic amines) is 1. The molecule has 0 radical (unpaired) electrons. The van der Waals surface area contributed by atoms with E-state index < -0.39 is 51.3 Å². The SMILES string of the molecule is COc1ccc2c(O[C@@H]3C[C@@H](C(=O)N[C@]45C[C@H]4/C=C\CCCCCNC(=O)c4cccc(c4)S(=O)(=O)NC5=O)N(C(C)=O)C3)cc(-c3ccccc3)nc2c1. The maximum absolute atomic E-state index is 14.2. The Hall–Kier alpha value is -5.76. The second kappa shape index (κ2) is 15.5. The summed E-state index contributed by atoms with van der Waals surface area (Å²) in [5, 5.41) is 6.39. The fourth-order valence-electron chi connectivity index (χ4n) is 7.31. The molecule has 55 heavy (non-hydrogen) atoms. The largest absolute Gasteiger partial charge is 0.497 e. The first kappa shape index (κ1) is 37.6. The van der Waals surface area contributed by atoms with Gasteiger partial charge in [-0.05, 0) is 56.0 Å². The number of ether oxygens (including phenoxy) is 2. The molecule has 3 N–H and O–H groups in total. The fourth-order valence-corrected chi connectivity index (χ4v) is 8.39. The van der Waals surface area contributed by atoms with Gasteiger partial charge in [-0.25, -0.2) is 18.1 Å². The van der Waals surface area contributed by atoms with Crippen LogP contribution >= 0.6 is 0 Å². The molecule has 4 atom stereocenters. The number of benzene rings is 3. The van der Waals surface area contributed by atoms with Crippen molar-refractivity contribution >= 4 is 44.6 Å². The minimum atomic E-state index is -4.43. The Bertz CT molecular complexity index is 2280. The van der Waals surface area contributed by atoms with E-state index in [2.05, 4.69) is 15.4 Å². The molecule has 0 unspecified atom stereocenters. The summed E-state index contributed by atoms with van der Waals surface area (Å²) in [4.78, 5) is 59.8. The number of amides is 4. The van der Waals surface area contributed by atoms with E-state index in [-0.39, 0.29) is 35.8 Å². The summed E-state index contributed by atoms with van der Waals surface area (Å²) in [5.74, 6) is -1.60. The summed E-state index contributed by atoms with van der Waals surface area (Å²) in [7, 11) is -2.85. The number of allylic oxidation sites excluding steroid dienone is 1. The van der Waals surface area contributed by atoms with E-state index in [1.165, 1.54) is 36.1 Å². The lowest BCUT2D eigenvalue weighted by molar-refractivity contribution is -0.138. The van der Waals surface area contributed by atoms with Gasteiger partial charge in [0, 0.05) is 54.5 Å². The summed E-state index contributed by atoms with van der Waals surface area (Å²) in [6, 6.07) is 21.4. The van der Waals surface area contributed by atoms with Gasteiger partial charge < -0.3 is 25.0 Å². The molecule has 4 aromatic rings. The molecule has 2 aliphatic heterocycles. The number of sulfonamides is 1. The molecule has 2 bridgehead atoms. The lowest BCUT2D eigenvalue weighted by atomic mass is 10.1. The highest BCUT2D eigenvalue weighted by Gasteiger charge is 2.61. The quantitative estimate of drug-likeness (QED) is 0.239. The number of carbonyl (C=O) groups is 4. The molecule has 286 valence electrons. The van der Waals surface area contributed by atoms with Crippen LogP contribution in [0.4, 0.5) is 0 Å². The zero-order valence-corrected chi connectivity index (χ0v) is 31.4. The first-order valence-corrected chi connectivity index (χ1v) is 19.9. The minimum absolute atomic E-state index is 0.106. The molecule has 3 aliphatic rings. The zero-order chi connectivity index (χ0) is 38.7. The smallest absolute Gasteiger partial charge is 0.264 e. The fraction of sp³-hybridized carbons (Fsp3) is 0.341. The Balaban J connectivity index is 1.14. The minimum Gasteiger partial charge on any atom is -0.497 e. The van der Waals surface area contributed by atoms with Crippen molar-refractivity contribution < 1.29 is 37.1 Å². The summed E-state index contributed by atoms with van der Waals surface area (Å²) < 4.78 is 41.2. The van der Waals surface area contributed by atoms with E-state index in [1.807, 2.05) is 60.7 Å². The molecule has 1 saturated heterocycles. The lowest BCUT2D eigenvalue weighted by Crippen LogP contribution is -2.56. The van der Waals surface area contributed by atoms with Gasteiger partial charge in [0.1, 0.15) is 29.2 Å². The van der Waals surface area contributed by atoms with Crippen LogP contribution in [0.1, 0.15) is 55.8 Å². The van der Waals surface area contributed by atoms with Crippen LogP contribution in [0, 0.1) is 5.92 Å². The zero-order valence-electron chi connectivity index (χ0n) is 30.6. The predicted octanol–water partition coefficient (Wildman–Crippen LogP) is 4.52. The molecule has 3 heterocycles. The molecular formula is C41H43N5O8S. The highest BCUT2D eigenvalue weighted by atomic mass is 32.2. The number of carbonyl (C=O) groups excluding carboxylic acids is 4. The summed E-state index contributed by atoms with van der Waals surface area (Å²) in [6.45, 7) is 1.92. The van der Waals surface area contributed by atoms with Gasteiger partial charge in [0.05, 0.1) is 29.8 Å². The van der Waals surface area contributed by atoms with Crippen molar-refractivity contribution in [3.8, 4) is 22.8 Å². The van der Waals surface area contributed by atoms with Crippen LogP contribution < -0.4 is 24.8 Å². The number of methoxy groups -OCH3 is 1. The van der Waals surface area contributed by atoms with Gasteiger partial charge in [0.2, 0.25) is 11.8 Å². The van der Waals surface area contributed by atoms with E-state index in [0.29, 0.717) is 35.7 Å². The third-order valence-corrected chi connectivity index (χ3v) is 11.7. The van der Waals surface area contributed by atoms with Crippen LogP contribution in [-0.4, -0.2) is 79.8 Å². The van der Waals surface area contributed by atoms with E-state index in [9.17, 15) is 27.6 Å². The van der Waals surface area contributed by atoms with Gasteiger partial charge >= 0.3 is 0 Å². The number of hydrogen-bond donors (Lipinski definition) is 3. The second-order valence-corrected chi connectivity index (χ2v) is 15.9. The van der Waals surface area contributed by atoms with Crippen LogP contribution in [0.25, 0.3) is 22.2 Å². The summed E-state index contributed by atoms with van der Waals surface area (Å²) in [6.07, 6.45) is 6.62. The third-order valence-electron chi connectivity index (χ3n) is 10.4. The van der Waals surface area contributed by atoms with E-state index in [1.54, 1.807) is 13.2 Å². The number of nitrogens with zero attached hydrogens (tertiary/aromatic N) is 2. The number of rotatable bonds is 6. The van der Waals surface area contributed by atoms with E-state index in [4.69, 9.17) is 14.5 Å². The monoisotopic (exact) mass is 765 g/mol. The predicted molar refractivity (Wildman–Crippen MR) is 205 cm³/mol. The van der Waals surface area contributed by atoms with E-state index >= 15 is 0 Å². The Morgan fingerprint density at radius 1 is 0.964 bits per heavy atom. The van der Waals surface area contributed by atoms with Crippen molar-refractivity contribution in [1.82, 2.24) is 25.2 Å². The molecule has 7 rings (SSSR count). The first-order valence-electron chi connectivity index (χ1n) is 18.4. The highest BCUT2D eigenvalue weighted by molar-refractivity contribution is 7.90. The van der Waals surface area contributed by atoms with Crippen LogP contribution in [0.5, 0.6) is 11.5 Å². The van der Waals surface area contributed by atoms with Crippen molar-refractivity contribution in [2.45, 2.75) is 68.0 Å². The molecule has 1 aliphatic carbocycles. The standard InChI is InChI=1S/C41H43N5O8S/c1-26(47)46-25-31(54-37-23-34(27-12-7-6-8-13-27)43-35-21-30(53-2)17-18-33(35)37)22-36(46)39(49)44-41-24-29(41)15-9-4-3-5-10-19-42-38(48)28-14-11-16-32(20-28)55(51,52)45-40(41)50/h6-9,11-18,20-21,23,29,31,36H,3-5,10,19,22,24-25H2,1-2H3,(H,42,48)(H,44,49)(H,45,50)/b15-9-/t29-,31-,36+,41-/m1/s1. The van der Waals surface area contributed by atoms with Crippen LogP contribution in [0.3, 0.4) is 0 Å². The van der Waals surface area contributed by atoms with Gasteiger partial charge in [0.15, 0.2) is 0 Å².